The summed E-state index contributed by atoms with van der Waals surface area (Å²) in [6.45, 7) is 7.06. The minimum atomic E-state index is 0.103. The number of aromatic nitrogens is 5. The van der Waals surface area contributed by atoms with Gasteiger partial charge in [-0.3, -0.25) is 4.79 Å². The number of aryl methyl sites for hydroxylation is 1. The smallest absolute Gasteiger partial charge is 0.233 e. The summed E-state index contributed by atoms with van der Waals surface area (Å²) in [5.74, 6) is 1.38. The Kier molecular flexibility index (Phi) is 5.75. The van der Waals surface area contributed by atoms with Gasteiger partial charge in [-0.05, 0) is 53.6 Å². The molecule has 8 nitrogen and oxygen atoms in total. The number of nitrogens with zero attached hydrogens (tertiary/aromatic N) is 7. The molecule has 9 heteroatoms. The van der Waals surface area contributed by atoms with Gasteiger partial charge in [0.25, 0.3) is 0 Å². The second-order valence-corrected chi connectivity index (χ2v) is 7.88. The van der Waals surface area contributed by atoms with Crippen LogP contribution in [-0.2, 0) is 4.79 Å². The van der Waals surface area contributed by atoms with E-state index in [1.807, 2.05) is 42.2 Å². The van der Waals surface area contributed by atoms with E-state index >= 15 is 0 Å². The van der Waals surface area contributed by atoms with Crippen LogP contribution in [0.15, 0.2) is 47.8 Å². The fraction of sp³-hybridized carbons (Fsp3) is 0.350. The Morgan fingerprint density at radius 3 is 2.66 bits per heavy atom. The van der Waals surface area contributed by atoms with Gasteiger partial charge in [-0.1, -0.05) is 30.0 Å². The fourth-order valence-corrected chi connectivity index (χ4v) is 4.12. The van der Waals surface area contributed by atoms with Gasteiger partial charge in [-0.15, -0.1) is 5.10 Å². The number of carbonyl (C=O) groups excluding carboxylic acids is 1. The van der Waals surface area contributed by atoms with Crippen LogP contribution in [0, 0.1) is 13.8 Å². The van der Waals surface area contributed by atoms with Crippen molar-refractivity contribution in [2.45, 2.75) is 19.0 Å². The Hall–Kier alpha value is -2.94. The first-order valence-corrected chi connectivity index (χ1v) is 10.5. The summed E-state index contributed by atoms with van der Waals surface area (Å²) in [7, 11) is 0. The molecule has 3 aromatic rings. The predicted molar refractivity (Wildman–Crippen MR) is 112 cm³/mol. The molecule has 0 saturated carbocycles. The largest absolute Gasteiger partial charge is 0.353 e. The van der Waals surface area contributed by atoms with Crippen molar-refractivity contribution < 1.29 is 4.79 Å². The van der Waals surface area contributed by atoms with E-state index in [2.05, 4.69) is 38.4 Å². The van der Waals surface area contributed by atoms with Crippen molar-refractivity contribution in [1.82, 2.24) is 30.1 Å². The molecular weight excluding hydrogens is 386 g/mol. The summed E-state index contributed by atoms with van der Waals surface area (Å²) in [6, 6.07) is 11.9. The van der Waals surface area contributed by atoms with Crippen LogP contribution in [0.5, 0.6) is 0 Å². The zero-order valence-electron chi connectivity index (χ0n) is 16.5. The summed E-state index contributed by atoms with van der Waals surface area (Å²) in [5, 5.41) is 12.7. The molecule has 1 fully saturated rings. The van der Waals surface area contributed by atoms with Crippen LogP contribution < -0.4 is 4.90 Å². The molecule has 0 N–H and O–H groups in total. The first-order valence-electron chi connectivity index (χ1n) is 9.55. The molecule has 150 valence electrons. The lowest BCUT2D eigenvalue weighted by molar-refractivity contribution is -0.128. The normalized spacial score (nSPS) is 14.3. The van der Waals surface area contributed by atoms with Gasteiger partial charge in [0.05, 0.1) is 11.4 Å². The van der Waals surface area contributed by atoms with Gasteiger partial charge in [-0.25, -0.2) is 4.98 Å². The lowest BCUT2D eigenvalue weighted by atomic mass is 10.1. The van der Waals surface area contributed by atoms with Gasteiger partial charge in [0.1, 0.15) is 5.82 Å². The van der Waals surface area contributed by atoms with E-state index < -0.39 is 0 Å². The maximum absolute atomic E-state index is 12.7. The van der Waals surface area contributed by atoms with Crippen LogP contribution in [-0.4, -0.2) is 67.9 Å². The molecule has 4 rings (SSSR count). The summed E-state index contributed by atoms with van der Waals surface area (Å²) >= 11 is 1.37. The van der Waals surface area contributed by atoms with E-state index in [0.29, 0.717) is 24.0 Å². The number of hydrogen-bond donors (Lipinski definition) is 0. The molecule has 1 saturated heterocycles. The number of amides is 1. The molecule has 2 aromatic heterocycles. The Labute approximate surface area is 173 Å². The number of tetrazole rings is 1. The van der Waals surface area contributed by atoms with E-state index in [1.54, 1.807) is 10.9 Å². The summed E-state index contributed by atoms with van der Waals surface area (Å²) in [4.78, 5) is 21.2. The maximum Gasteiger partial charge on any atom is 0.233 e. The Morgan fingerprint density at radius 2 is 1.90 bits per heavy atom. The predicted octanol–water partition coefficient (Wildman–Crippen LogP) is 2.12. The van der Waals surface area contributed by atoms with Crippen molar-refractivity contribution in [2.24, 2.45) is 0 Å². The second kappa shape index (κ2) is 8.60. The van der Waals surface area contributed by atoms with Crippen molar-refractivity contribution in [2.75, 3.05) is 36.8 Å². The molecular formula is C20H23N7OS. The number of carbonyl (C=O) groups is 1. The summed E-state index contributed by atoms with van der Waals surface area (Å²) in [6.07, 6.45) is 1.80. The molecule has 0 bridgehead atoms. The first kappa shape index (κ1) is 19.4. The average Bonchev–Trinajstić information content (AvgIpc) is 3.23. The number of rotatable bonds is 5. The van der Waals surface area contributed by atoms with E-state index in [4.69, 9.17) is 0 Å². The Balaban J connectivity index is 1.35. The van der Waals surface area contributed by atoms with E-state index in [0.717, 1.165) is 30.2 Å². The third kappa shape index (κ3) is 4.24. The standard InChI is InChI=1S/C20H23N7OS/c1-15-6-5-7-17(16(15)2)27-20(22-23-24-27)29-14-19(28)26-12-10-25(11-13-26)18-8-3-4-9-21-18/h3-9H,10-14H2,1-2H3. The molecule has 0 atom stereocenters. The second-order valence-electron chi connectivity index (χ2n) is 6.94. The lowest BCUT2D eigenvalue weighted by Crippen LogP contribution is -2.49. The number of anilines is 1. The van der Waals surface area contributed by atoms with Gasteiger partial charge in [-0.2, -0.15) is 4.68 Å². The third-order valence-corrected chi connectivity index (χ3v) is 6.08. The number of pyridine rings is 1. The molecule has 1 amide bonds. The Bertz CT molecular complexity index is 984. The quantitative estimate of drug-likeness (QED) is 0.597. The highest BCUT2D eigenvalue weighted by atomic mass is 32.2. The highest BCUT2D eigenvalue weighted by Crippen LogP contribution is 2.23. The van der Waals surface area contributed by atoms with Crippen LogP contribution in [0.1, 0.15) is 11.1 Å². The molecule has 0 unspecified atom stereocenters. The molecule has 29 heavy (non-hydrogen) atoms. The van der Waals surface area contributed by atoms with Crippen LogP contribution in [0.25, 0.3) is 5.69 Å². The number of thioether (sulfide) groups is 1. The topological polar surface area (TPSA) is 80.0 Å². The monoisotopic (exact) mass is 409 g/mol. The zero-order chi connectivity index (χ0) is 20.2. The van der Waals surface area contributed by atoms with E-state index in [-0.39, 0.29) is 5.91 Å². The Morgan fingerprint density at radius 1 is 1.07 bits per heavy atom. The van der Waals surface area contributed by atoms with Crippen molar-refractivity contribution in [3.8, 4) is 5.69 Å². The van der Waals surface area contributed by atoms with Crippen LogP contribution in [0.4, 0.5) is 5.82 Å². The molecule has 1 aliphatic heterocycles. The van der Waals surface area contributed by atoms with Gasteiger partial charge in [0.2, 0.25) is 11.1 Å². The third-order valence-electron chi connectivity index (χ3n) is 5.18. The highest BCUT2D eigenvalue weighted by Gasteiger charge is 2.23. The highest BCUT2D eigenvalue weighted by molar-refractivity contribution is 7.99. The van der Waals surface area contributed by atoms with Crippen molar-refractivity contribution in [1.29, 1.82) is 0 Å². The molecule has 0 aliphatic carbocycles. The molecule has 1 aliphatic rings. The van der Waals surface area contributed by atoms with E-state index in [1.165, 1.54) is 17.3 Å². The molecule has 1 aromatic carbocycles. The average molecular weight is 410 g/mol. The SMILES string of the molecule is Cc1cccc(-n2nnnc2SCC(=O)N2CCN(c3ccccn3)CC2)c1C. The molecule has 3 heterocycles. The van der Waals surface area contributed by atoms with Gasteiger partial charge < -0.3 is 9.80 Å². The van der Waals surface area contributed by atoms with Crippen molar-refractivity contribution in [3.05, 3.63) is 53.7 Å². The van der Waals surface area contributed by atoms with Gasteiger partial charge >= 0.3 is 0 Å². The maximum atomic E-state index is 12.7. The van der Waals surface area contributed by atoms with Crippen LogP contribution in [0.2, 0.25) is 0 Å². The van der Waals surface area contributed by atoms with Crippen molar-refractivity contribution in [3.63, 3.8) is 0 Å². The first-order chi connectivity index (χ1) is 14.1. The molecule has 0 radical (unpaired) electrons. The van der Waals surface area contributed by atoms with Gasteiger partial charge in [0.15, 0.2) is 0 Å². The molecule has 0 spiro atoms. The minimum absolute atomic E-state index is 0.103. The zero-order valence-corrected chi connectivity index (χ0v) is 17.3. The fourth-order valence-electron chi connectivity index (χ4n) is 3.33. The summed E-state index contributed by atoms with van der Waals surface area (Å²) in [5.41, 5.74) is 3.24. The number of benzene rings is 1. The van der Waals surface area contributed by atoms with Gasteiger partial charge in [0, 0.05) is 32.4 Å². The number of piperazine rings is 1. The summed E-state index contributed by atoms with van der Waals surface area (Å²) < 4.78 is 1.71. The van der Waals surface area contributed by atoms with Crippen LogP contribution >= 0.6 is 11.8 Å². The lowest BCUT2D eigenvalue weighted by Gasteiger charge is -2.35. The van der Waals surface area contributed by atoms with Crippen LogP contribution in [0.3, 0.4) is 0 Å². The van der Waals surface area contributed by atoms with E-state index in [9.17, 15) is 4.79 Å². The van der Waals surface area contributed by atoms with Crippen molar-refractivity contribution >= 4 is 23.5 Å². The number of hydrogen-bond acceptors (Lipinski definition) is 7. The minimum Gasteiger partial charge on any atom is -0.353 e.